The highest BCUT2D eigenvalue weighted by Crippen LogP contribution is 2.26. The summed E-state index contributed by atoms with van der Waals surface area (Å²) < 4.78 is 14.7. The molecule has 3 aromatic rings. The van der Waals surface area contributed by atoms with Crippen molar-refractivity contribution in [3.05, 3.63) is 70.0 Å². The number of nitrogens with one attached hydrogen (secondary N) is 1. The minimum Gasteiger partial charge on any atom is -0.342 e. The van der Waals surface area contributed by atoms with Crippen LogP contribution in [-0.4, -0.2) is 38.5 Å². The summed E-state index contributed by atoms with van der Waals surface area (Å²) >= 11 is 0. The number of carbonyl (C=O) groups is 1. The predicted molar refractivity (Wildman–Crippen MR) is 94.5 cm³/mol. The molecular weight excluding hydrogens is 335 g/mol. The van der Waals surface area contributed by atoms with Crippen LogP contribution < -0.4 is 5.56 Å². The highest BCUT2D eigenvalue weighted by Gasteiger charge is 2.25. The summed E-state index contributed by atoms with van der Waals surface area (Å²) in [4.78, 5) is 30.9. The van der Waals surface area contributed by atoms with E-state index in [0.29, 0.717) is 24.3 Å². The van der Waals surface area contributed by atoms with Gasteiger partial charge in [-0.15, -0.1) is 0 Å². The van der Waals surface area contributed by atoms with Crippen molar-refractivity contribution in [3.63, 3.8) is 0 Å². The van der Waals surface area contributed by atoms with Crippen molar-refractivity contribution in [1.82, 2.24) is 19.5 Å². The van der Waals surface area contributed by atoms with Gasteiger partial charge in [0.15, 0.2) is 5.65 Å². The van der Waals surface area contributed by atoms with Gasteiger partial charge in [-0.2, -0.15) is 0 Å². The van der Waals surface area contributed by atoms with Crippen molar-refractivity contribution in [2.24, 2.45) is 0 Å². The maximum absolute atomic E-state index is 13.3. The summed E-state index contributed by atoms with van der Waals surface area (Å²) in [5, 5.41) is 2.83. The molecular formula is C19H19FN4O2. The van der Waals surface area contributed by atoms with Crippen LogP contribution in [0.3, 0.4) is 0 Å². The van der Waals surface area contributed by atoms with E-state index >= 15 is 0 Å². The van der Waals surface area contributed by atoms with Gasteiger partial charge in [-0.3, -0.25) is 14.7 Å². The van der Waals surface area contributed by atoms with Crippen LogP contribution in [-0.2, 0) is 11.2 Å². The number of H-pyrrole nitrogens is 1. The number of likely N-dealkylation sites (tertiary alicyclic amines) is 1. The van der Waals surface area contributed by atoms with Gasteiger partial charge < -0.3 is 4.90 Å². The van der Waals surface area contributed by atoms with Gasteiger partial charge in [0.1, 0.15) is 5.82 Å². The van der Waals surface area contributed by atoms with Gasteiger partial charge in [-0.1, -0.05) is 12.1 Å². The van der Waals surface area contributed by atoms with Gasteiger partial charge in [-0.25, -0.2) is 13.9 Å². The first-order valence-corrected chi connectivity index (χ1v) is 8.69. The number of aromatic amines is 1. The first-order valence-electron chi connectivity index (χ1n) is 8.69. The molecule has 3 heterocycles. The van der Waals surface area contributed by atoms with Crippen molar-refractivity contribution in [3.8, 4) is 0 Å². The summed E-state index contributed by atoms with van der Waals surface area (Å²) in [6.45, 7) is 1.24. The molecule has 1 aliphatic rings. The Labute approximate surface area is 149 Å². The van der Waals surface area contributed by atoms with E-state index in [9.17, 15) is 14.0 Å². The number of hydrogen-bond acceptors (Lipinski definition) is 3. The molecule has 7 heteroatoms. The molecule has 2 aromatic heterocycles. The smallest absolute Gasteiger partial charge is 0.272 e. The van der Waals surface area contributed by atoms with E-state index in [1.54, 1.807) is 30.5 Å². The first kappa shape index (κ1) is 16.5. The maximum Gasteiger partial charge on any atom is 0.272 e. The molecule has 0 radical (unpaired) electrons. The number of nitrogens with zero attached hydrogens (tertiary/aromatic N) is 3. The molecule has 0 atom stereocenters. The Kier molecular flexibility index (Phi) is 4.28. The van der Waals surface area contributed by atoms with Gasteiger partial charge in [0.25, 0.3) is 5.56 Å². The maximum atomic E-state index is 13.3. The standard InChI is InChI=1S/C19H19FN4O2/c20-15-3-1-2-13(10-15)11-18(25)23-8-5-14(6-9-23)16-12-19(26)24-17(22-16)4-7-21-24/h1-4,7,10,12,14,21H,5-6,8-9,11H2. The van der Waals surface area contributed by atoms with E-state index in [-0.39, 0.29) is 29.6 Å². The lowest BCUT2D eigenvalue weighted by Gasteiger charge is -2.31. The van der Waals surface area contributed by atoms with Crippen molar-refractivity contribution in [2.45, 2.75) is 25.2 Å². The molecule has 1 fully saturated rings. The normalized spacial score (nSPS) is 15.5. The Hall–Kier alpha value is -2.96. The number of carbonyl (C=O) groups excluding carboxylic acids is 1. The third-order valence-electron chi connectivity index (χ3n) is 4.91. The Morgan fingerprint density at radius 1 is 1.23 bits per heavy atom. The van der Waals surface area contributed by atoms with Crippen molar-refractivity contribution >= 4 is 11.6 Å². The Bertz CT molecular complexity index is 1000. The lowest BCUT2D eigenvalue weighted by molar-refractivity contribution is -0.131. The number of rotatable bonds is 3. The Morgan fingerprint density at radius 2 is 2.04 bits per heavy atom. The summed E-state index contributed by atoms with van der Waals surface area (Å²) in [5.74, 6) is -0.157. The zero-order valence-corrected chi connectivity index (χ0v) is 14.2. The van der Waals surface area contributed by atoms with Crippen LogP contribution in [0.2, 0.25) is 0 Å². The summed E-state index contributed by atoms with van der Waals surface area (Å²) in [6.07, 6.45) is 3.42. The largest absolute Gasteiger partial charge is 0.342 e. The van der Waals surface area contributed by atoms with E-state index in [0.717, 1.165) is 18.5 Å². The lowest BCUT2D eigenvalue weighted by Crippen LogP contribution is -2.39. The molecule has 0 bridgehead atoms. The van der Waals surface area contributed by atoms with Gasteiger partial charge in [0.2, 0.25) is 5.91 Å². The van der Waals surface area contributed by atoms with Crippen LogP contribution in [0.5, 0.6) is 0 Å². The zero-order chi connectivity index (χ0) is 18.1. The van der Waals surface area contributed by atoms with Crippen LogP contribution in [0.4, 0.5) is 4.39 Å². The second-order valence-electron chi connectivity index (χ2n) is 6.64. The SMILES string of the molecule is O=C(Cc1cccc(F)c1)N1CCC(c2cc(=O)n3[nH]ccc3n2)CC1. The van der Waals surface area contributed by atoms with E-state index < -0.39 is 0 Å². The molecule has 0 spiro atoms. The molecule has 6 nitrogen and oxygen atoms in total. The number of piperidine rings is 1. The van der Waals surface area contributed by atoms with Crippen LogP contribution in [0, 0.1) is 5.82 Å². The first-order chi connectivity index (χ1) is 12.6. The molecule has 1 aromatic carbocycles. The third-order valence-corrected chi connectivity index (χ3v) is 4.91. The molecule has 26 heavy (non-hydrogen) atoms. The Morgan fingerprint density at radius 3 is 2.81 bits per heavy atom. The minimum absolute atomic E-state index is 0.00293. The minimum atomic E-state index is -0.327. The highest BCUT2D eigenvalue weighted by atomic mass is 19.1. The Balaban J connectivity index is 1.41. The number of amides is 1. The average Bonchev–Trinajstić information content (AvgIpc) is 3.11. The summed E-state index contributed by atoms with van der Waals surface area (Å²) in [5.41, 5.74) is 1.95. The fourth-order valence-corrected chi connectivity index (χ4v) is 3.51. The molecule has 0 saturated carbocycles. The fourth-order valence-electron chi connectivity index (χ4n) is 3.51. The molecule has 1 N–H and O–H groups in total. The fraction of sp³-hybridized carbons (Fsp3) is 0.316. The summed E-state index contributed by atoms with van der Waals surface area (Å²) in [6, 6.07) is 9.48. The quantitative estimate of drug-likeness (QED) is 0.783. The molecule has 0 unspecified atom stereocenters. The molecule has 134 valence electrons. The topological polar surface area (TPSA) is 70.5 Å². The van der Waals surface area contributed by atoms with E-state index in [2.05, 4.69) is 10.1 Å². The number of aromatic nitrogens is 3. The van der Waals surface area contributed by atoms with Crippen molar-refractivity contribution in [1.29, 1.82) is 0 Å². The summed E-state index contributed by atoms with van der Waals surface area (Å²) in [7, 11) is 0. The zero-order valence-electron chi connectivity index (χ0n) is 14.2. The molecule has 4 rings (SSSR count). The highest BCUT2D eigenvalue weighted by molar-refractivity contribution is 5.78. The number of hydrogen-bond donors (Lipinski definition) is 1. The van der Waals surface area contributed by atoms with Crippen LogP contribution in [0.15, 0.2) is 47.4 Å². The number of halogens is 1. The molecule has 1 aliphatic heterocycles. The average molecular weight is 354 g/mol. The van der Waals surface area contributed by atoms with E-state index in [4.69, 9.17) is 0 Å². The van der Waals surface area contributed by atoms with E-state index in [1.165, 1.54) is 16.6 Å². The third kappa shape index (κ3) is 3.24. The van der Waals surface area contributed by atoms with Crippen LogP contribution >= 0.6 is 0 Å². The number of benzene rings is 1. The number of fused-ring (bicyclic) bond motifs is 1. The second-order valence-corrected chi connectivity index (χ2v) is 6.64. The van der Waals surface area contributed by atoms with Gasteiger partial charge >= 0.3 is 0 Å². The van der Waals surface area contributed by atoms with Gasteiger partial charge in [0, 0.05) is 37.3 Å². The second kappa shape index (κ2) is 6.74. The monoisotopic (exact) mass is 354 g/mol. The van der Waals surface area contributed by atoms with E-state index in [1.807, 2.05) is 4.90 Å². The molecule has 1 saturated heterocycles. The van der Waals surface area contributed by atoms with Crippen molar-refractivity contribution < 1.29 is 9.18 Å². The molecule has 1 amide bonds. The van der Waals surface area contributed by atoms with Crippen molar-refractivity contribution in [2.75, 3.05) is 13.1 Å². The van der Waals surface area contributed by atoms with Gasteiger partial charge in [-0.05, 0) is 30.5 Å². The van der Waals surface area contributed by atoms with Crippen LogP contribution in [0.1, 0.15) is 30.0 Å². The lowest BCUT2D eigenvalue weighted by atomic mass is 9.93. The van der Waals surface area contributed by atoms with Crippen LogP contribution in [0.25, 0.3) is 5.65 Å². The molecule has 0 aliphatic carbocycles. The predicted octanol–water partition coefficient (Wildman–Crippen LogP) is 2.11. The van der Waals surface area contributed by atoms with Gasteiger partial charge in [0.05, 0.1) is 12.1 Å².